The molecule has 0 bridgehead atoms. The van der Waals surface area contributed by atoms with Crippen molar-refractivity contribution in [1.29, 1.82) is 0 Å². The van der Waals surface area contributed by atoms with Gasteiger partial charge in [0.05, 0.1) is 34.0 Å². The van der Waals surface area contributed by atoms with Crippen LogP contribution in [0.15, 0.2) is 65.6 Å². The van der Waals surface area contributed by atoms with Crippen molar-refractivity contribution in [2.24, 2.45) is 0 Å². The van der Waals surface area contributed by atoms with Crippen LogP contribution in [0.4, 0.5) is 15.8 Å². The van der Waals surface area contributed by atoms with Crippen molar-refractivity contribution in [2.75, 3.05) is 17.1 Å². The first kappa shape index (κ1) is 23.0. The van der Waals surface area contributed by atoms with Gasteiger partial charge in [-0.1, -0.05) is 11.6 Å². The Hall–Kier alpha value is -3.63. The van der Waals surface area contributed by atoms with Crippen LogP contribution in [0.1, 0.15) is 20.7 Å². The predicted molar refractivity (Wildman–Crippen MR) is 117 cm³/mol. The van der Waals surface area contributed by atoms with Crippen molar-refractivity contribution in [2.45, 2.75) is 4.90 Å². The molecule has 166 valence electrons. The number of carboxylic acids is 1. The number of sulfonamides is 1. The lowest BCUT2D eigenvalue weighted by Gasteiger charge is -2.11. The average Bonchev–Trinajstić information content (AvgIpc) is 2.74. The third kappa shape index (κ3) is 5.16. The number of rotatable bonds is 7. The van der Waals surface area contributed by atoms with Crippen molar-refractivity contribution in [3.63, 3.8) is 0 Å². The summed E-state index contributed by atoms with van der Waals surface area (Å²) in [4.78, 5) is 23.6. The van der Waals surface area contributed by atoms with E-state index in [0.717, 1.165) is 18.2 Å². The Bertz CT molecular complexity index is 1300. The minimum Gasteiger partial charge on any atom is -0.495 e. The first-order valence-corrected chi connectivity index (χ1v) is 10.8. The topological polar surface area (TPSA) is 122 Å². The first-order valence-electron chi connectivity index (χ1n) is 8.91. The highest BCUT2D eigenvalue weighted by molar-refractivity contribution is 7.92. The van der Waals surface area contributed by atoms with Gasteiger partial charge in [0.2, 0.25) is 0 Å². The van der Waals surface area contributed by atoms with Gasteiger partial charge < -0.3 is 15.2 Å². The zero-order valence-corrected chi connectivity index (χ0v) is 18.0. The molecule has 0 fully saturated rings. The van der Waals surface area contributed by atoms with Crippen LogP contribution >= 0.6 is 11.6 Å². The molecule has 0 aromatic heterocycles. The Morgan fingerprint density at radius 1 is 1.03 bits per heavy atom. The molecule has 0 atom stereocenters. The summed E-state index contributed by atoms with van der Waals surface area (Å²) in [6, 6.07) is 12.2. The number of amides is 1. The van der Waals surface area contributed by atoms with Gasteiger partial charge in [-0.3, -0.25) is 9.52 Å². The van der Waals surface area contributed by atoms with Crippen LogP contribution in [0.5, 0.6) is 5.75 Å². The molecule has 0 unspecified atom stereocenters. The Labute approximate surface area is 187 Å². The largest absolute Gasteiger partial charge is 0.495 e. The number of methoxy groups -OCH3 is 1. The van der Waals surface area contributed by atoms with Crippen molar-refractivity contribution >= 4 is 44.9 Å². The van der Waals surface area contributed by atoms with E-state index in [1.807, 2.05) is 0 Å². The standard InChI is InChI=1S/C21H16ClFN2O6S/c1-31-19-9-5-14(11-17(19)22)25-32(29,30)15-6-2-12(3-7-15)20(26)24-18-8-4-13(23)10-16(18)21(27)28/h2-11,25H,1H3,(H,24,26)(H,27,28). The van der Waals surface area contributed by atoms with Crippen LogP contribution in [0.2, 0.25) is 5.02 Å². The quantitative estimate of drug-likeness (QED) is 0.467. The van der Waals surface area contributed by atoms with E-state index in [9.17, 15) is 22.4 Å². The van der Waals surface area contributed by atoms with Gasteiger partial charge in [-0.05, 0) is 60.7 Å². The molecule has 0 heterocycles. The summed E-state index contributed by atoms with van der Waals surface area (Å²) in [7, 11) is -2.54. The van der Waals surface area contributed by atoms with E-state index >= 15 is 0 Å². The molecule has 3 rings (SSSR count). The third-order valence-electron chi connectivity index (χ3n) is 4.29. The van der Waals surface area contributed by atoms with Crippen LogP contribution in [0, 0.1) is 5.82 Å². The summed E-state index contributed by atoms with van der Waals surface area (Å²) in [5, 5.41) is 11.8. The molecule has 0 spiro atoms. The van der Waals surface area contributed by atoms with Crippen molar-refractivity contribution < 1.29 is 32.2 Å². The summed E-state index contributed by atoms with van der Waals surface area (Å²) < 4.78 is 45.9. The molecule has 3 N–H and O–H groups in total. The number of benzene rings is 3. The summed E-state index contributed by atoms with van der Waals surface area (Å²) in [5.41, 5.74) is -0.231. The zero-order valence-electron chi connectivity index (χ0n) is 16.4. The number of aromatic carboxylic acids is 1. The molecular weight excluding hydrogens is 463 g/mol. The van der Waals surface area contributed by atoms with E-state index < -0.39 is 33.3 Å². The fourth-order valence-electron chi connectivity index (χ4n) is 2.73. The van der Waals surface area contributed by atoms with Crippen LogP contribution in [-0.4, -0.2) is 32.5 Å². The van der Waals surface area contributed by atoms with E-state index in [2.05, 4.69) is 10.0 Å². The maximum Gasteiger partial charge on any atom is 0.337 e. The molecule has 0 aliphatic carbocycles. The minimum absolute atomic E-state index is 0.0668. The van der Waals surface area contributed by atoms with Crippen molar-refractivity contribution in [3.8, 4) is 5.75 Å². The van der Waals surface area contributed by atoms with Crippen LogP contribution in [-0.2, 0) is 10.0 Å². The zero-order chi connectivity index (χ0) is 23.5. The van der Waals surface area contributed by atoms with E-state index in [1.165, 1.54) is 49.6 Å². The number of carboxylic acid groups (broad SMARTS) is 1. The molecule has 0 aliphatic heterocycles. The number of nitrogens with one attached hydrogen (secondary N) is 2. The van der Waals surface area contributed by atoms with Gasteiger partial charge >= 0.3 is 5.97 Å². The summed E-state index contributed by atoms with van der Waals surface area (Å²) in [6.07, 6.45) is 0. The lowest BCUT2D eigenvalue weighted by Crippen LogP contribution is -2.16. The molecule has 0 radical (unpaired) electrons. The van der Waals surface area contributed by atoms with Gasteiger partial charge in [0.15, 0.2) is 0 Å². The predicted octanol–water partition coefficient (Wildman–Crippen LogP) is 4.24. The second-order valence-electron chi connectivity index (χ2n) is 6.43. The molecule has 0 saturated carbocycles. The summed E-state index contributed by atoms with van der Waals surface area (Å²) in [6.45, 7) is 0. The molecule has 8 nitrogen and oxygen atoms in total. The smallest absolute Gasteiger partial charge is 0.337 e. The van der Waals surface area contributed by atoms with Crippen molar-refractivity contribution in [1.82, 2.24) is 0 Å². The van der Waals surface area contributed by atoms with Gasteiger partial charge in [-0.25, -0.2) is 17.6 Å². The van der Waals surface area contributed by atoms with Crippen LogP contribution in [0.3, 0.4) is 0 Å². The summed E-state index contributed by atoms with van der Waals surface area (Å²) >= 11 is 6.00. The molecule has 3 aromatic rings. The number of hydrogen-bond acceptors (Lipinski definition) is 5. The Morgan fingerprint density at radius 2 is 1.72 bits per heavy atom. The molecular formula is C21H16ClFN2O6S. The maximum absolute atomic E-state index is 13.3. The second-order valence-corrected chi connectivity index (χ2v) is 8.52. The van der Waals surface area contributed by atoms with Gasteiger partial charge in [0.1, 0.15) is 11.6 Å². The monoisotopic (exact) mass is 478 g/mol. The Morgan fingerprint density at radius 3 is 2.31 bits per heavy atom. The number of ether oxygens (including phenoxy) is 1. The number of anilines is 2. The SMILES string of the molecule is COc1ccc(NS(=O)(=O)c2ccc(C(=O)Nc3ccc(F)cc3C(=O)O)cc2)cc1Cl. The number of halogens is 2. The van der Waals surface area contributed by atoms with E-state index in [0.29, 0.717) is 5.75 Å². The molecule has 3 aromatic carbocycles. The fourth-order valence-corrected chi connectivity index (χ4v) is 4.03. The number of carbonyl (C=O) groups excluding carboxylic acids is 1. The molecule has 1 amide bonds. The van der Waals surface area contributed by atoms with E-state index in [4.69, 9.17) is 21.4 Å². The minimum atomic E-state index is -3.97. The highest BCUT2D eigenvalue weighted by Crippen LogP contribution is 2.28. The van der Waals surface area contributed by atoms with Gasteiger partial charge in [0, 0.05) is 5.56 Å². The Kier molecular flexibility index (Phi) is 6.66. The number of hydrogen-bond donors (Lipinski definition) is 3. The Balaban J connectivity index is 1.77. The third-order valence-corrected chi connectivity index (χ3v) is 5.98. The average molecular weight is 479 g/mol. The molecule has 0 aliphatic rings. The van der Waals surface area contributed by atoms with Gasteiger partial charge in [-0.2, -0.15) is 0 Å². The lowest BCUT2D eigenvalue weighted by atomic mass is 10.1. The summed E-state index contributed by atoms with van der Waals surface area (Å²) in [5.74, 6) is -2.48. The number of carbonyl (C=O) groups is 2. The van der Waals surface area contributed by atoms with Crippen LogP contribution in [0.25, 0.3) is 0 Å². The second kappa shape index (κ2) is 9.25. The maximum atomic E-state index is 13.3. The van der Waals surface area contributed by atoms with Gasteiger partial charge in [0.25, 0.3) is 15.9 Å². The van der Waals surface area contributed by atoms with E-state index in [-0.39, 0.29) is 26.9 Å². The fraction of sp³-hybridized carbons (Fsp3) is 0.0476. The molecule has 0 saturated heterocycles. The highest BCUT2D eigenvalue weighted by atomic mass is 35.5. The van der Waals surface area contributed by atoms with Crippen LogP contribution < -0.4 is 14.8 Å². The molecule has 11 heteroatoms. The molecule has 32 heavy (non-hydrogen) atoms. The first-order chi connectivity index (χ1) is 15.1. The van der Waals surface area contributed by atoms with E-state index in [1.54, 1.807) is 0 Å². The normalized spacial score (nSPS) is 11.0. The van der Waals surface area contributed by atoms with Gasteiger partial charge in [-0.15, -0.1) is 0 Å². The van der Waals surface area contributed by atoms with Crippen molar-refractivity contribution in [3.05, 3.63) is 82.6 Å². The lowest BCUT2D eigenvalue weighted by molar-refractivity contribution is 0.0697. The highest BCUT2D eigenvalue weighted by Gasteiger charge is 2.18.